The zero-order valence-corrected chi connectivity index (χ0v) is 16.9. The number of carbonyl (C=O) groups excluding carboxylic acids is 2. The van der Waals surface area contributed by atoms with Gasteiger partial charge in [-0.15, -0.1) is 0 Å². The van der Waals surface area contributed by atoms with Gasteiger partial charge < -0.3 is 19.2 Å². The smallest absolute Gasteiger partial charge is 0.375 e. The molecule has 3 rings (SSSR count). The number of esters is 1. The maximum Gasteiger partial charge on any atom is 0.375 e. The molecule has 2 aromatic carbocycles. The second-order valence-corrected chi connectivity index (χ2v) is 6.89. The van der Waals surface area contributed by atoms with Crippen LogP contribution < -0.4 is 5.32 Å². The molecule has 6 heteroatoms. The zero-order chi connectivity index (χ0) is 20.8. The highest BCUT2D eigenvalue weighted by atomic mass is 16.5. The Morgan fingerprint density at radius 2 is 1.83 bits per heavy atom. The lowest BCUT2D eigenvalue weighted by molar-refractivity contribution is -0.119. The van der Waals surface area contributed by atoms with E-state index >= 15 is 0 Å². The number of furan rings is 1. The predicted octanol–water partition coefficient (Wildman–Crippen LogP) is 4.89. The number of amides is 1. The molecule has 29 heavy (non-hydrogen) atoms. The van der Waals surface area contributed by atoms with Crippen LogP contribution in [-0.2, 0) is 20.9 Å². The van der Waals surface area contributed by atoms with Crippen LogP contribution in [0, 0.1) is 0 Å². The second-order valence-electron chi connectivity index (χ2n) is 6.89. The third-order valence-electron chi connectivity index (χ3n) is 4.88. The van der Waals surface area contributed by atoms with Gasteiger partial charge in [0.15, 0.2) is 6.61 Å². The van der Waals surface area contributed by atoms with Crippen molar-refractivity contribution < 1.29 is 23.5 Å². The summed E-state index contributed by atoms with van der Waals surface area (Å²) >= 11 is 0. The third kappa shape index (κ3) is 4.84. The van der Waals surface area contributed by atoms with Gasteiger partial charge in [0.1, 0.15) is 5.58 Å². The lowest BCUT2D eigenvalue weighted by Crippen LogP contribution is -2.21. The Labute approximate surface area is 169 Å². The fourth-order valence-electron chi connectivity index (χ4n) is 3.08. The maximum atomic E-state index is 12.5. The average molecular weight is 395 g/mol. The molecule has 1 aromatic heterocycles. The number of methoxy groups -OCH3 is 1. The summed E-state index contributed by atoms with van der Waals surface area (Å²) in [4.78, 5) is 24.6. The van der Waals surface area contributed by atoms with E-state index in [1.54, 1.807) is 6.07 Å². The molecule has 0 fully saturated rings. The SMILES string of the molecule is CC[C@@H](C)c1ccc(NC(=O)COC(=O)c2oc3ccccc3c2COC)cc1. The van der Waals surface area contributed by atoms with Crippen molar-refractivity contribution in [1.29, 1.82) is 0 Å². The van der Waals surface area contributed by atoms with Crippen molar-refractivity contribution in [3.8, 4) is 0 Å². The number of fused-ring (bicyclic) bond motifs is 1. The maximum absolute atomic E-state index is 12.5. The van der Waals surface area contributed by atoms with E-state index in [0.717, 1.165) is 11.8 Å². The number of hydrogen-bond acceptors (Lipinski definition) is 5. The lowest BCUT2D eigenvalue weighted by atomic mass is 9.99. The summed E-state index contributed by atoms with van der Waals surface area (Å²) in [5.74, 6) is -0.598. The van der Waals surface area contributed by atoms with Gasteiger partial charge in [-0.05, 0) is 36.1 Å². The van der Waals surface area contributed by atoms with E-state index in [4.69, 9.17) is 13.9 Å². The number of ether oxygens (including phenoxy) is 2. The Morgan fingerprint density at radius 1 is 1.10 bits per heavy atom. The van der Waals surface area contributed by atoms with Gasteiger partial charge in [-0.25, -0.2) is 4.79 Å². The predicted molar refractivity (Wildman–Crippen MR) is 111 cm³/mol. The molecule has 0 saturated carbocycles. The van der Waals surface area contributed by atoms with Crippen LogP contribution in [0.4, 0.5) is 5.69 Å². The van der Waals surface area contributed by atoms with Gasteiger partial charge in [0, 0.05) is 23.7 Å². The first-order valence-electron chi connectivity index (χ1n) is 9.59. The van der Waals surface area contributed by atoms with Gasteiger partial charge >= 0.3 is 5.97 Å². The van der Waals surface area contributed by atoms with E-state index in [0.29, 0.717) is 22.8 Å². The van der Waals surface area contributed by atoms with Crippen LogP contribution >= 0.6 is 0 Å². The van der Waals surface area contributed by atoms with Gasteiger partial charge in [-0.2, -0.15) is 0 Å². The summed E-state index contributed by atoms with van der Waals surface area (Å²) in [5.41, 5.74) is 3.04. The van der Waals surface area contributed by atoms with Gasteiger partial charge in [0.25, 0.3) is 5.91 Å². The van der Waals surface area contributed by atoms with Crippen molar-refractivity contribution in [2.75, 3.05) is 19.0 Å². The number of para-hydroxylation sites is 1. The van der Waals surface area contributed by atoms with Crippen LogP contribution in [0.2, 0.25) is 0 Å². The standard InChI is InChI=1S/C23H25NO5/c1-4-15(2)16-9-11-17(12-10-16)24-21(25)14-28-23(26)22-19(13-27-3)18-7-5-6-8-20(18)29-22/h5-12,15H,4,13-14H2,1-3H3,(H,24,25)/t15-/m1/s1. The summed E-state index contributed by atoms with van der Waals surface area (Å²) in [6.07, 6.45) is 1.05. The van der Waals surface area contributed by atoms with Crippen molar-refractivity contribution >= 4 is 28.5 Å². The monoisotopic (exact) mass is 395 g/mol. The van der Waals surface area contributed by atoms with Crippen LogP contribution in [0.3, 0.4) is 0 Å². The molecule has 0 aliphatic carbocycles. The highest BCUT2D eigenvalue weighted by Gasteiger charge is 2.22. The summed E-state index contributed by atoms with van der Waals surface area (Å²) in [7, 11) is 1.54. The number of rotatable bonds is 8. The first-order valence-corrected chi connectivity index (χ1v) is 9.59. The topological polar surface area (TPSA) is 77.8 Å². The van der Waals surface area contributed by atoms with E-state index in [1.807, 2.05) is 42.5 Å². The molecule has 3 aromatic rings. The van der Waals surface area contributed by atoms with Crippen LogP contribution in [0.5, 0.6) is 0 Å². The molecule has 6 nitrogen and oxygen atoms in total. The highest BCUT2D eigenvalue weighted by Crippen LogP contribution is 2.27. The minimum absolute atomic E-state index is 0.0544. The van der Waals surface area contributed by atoms with E-state index in [2.05, 4.69) is 19.2 Å². The van der Waals surface area contributed by atoms with E-state index in [1.165, 1.54) is 12.7 Å². The fourth-order valence-corrected chi connectivity index (χ4v) is 3.08. The first-order chi connectivity index (χ1) is 14.0. The summed E-state index contributed by atoms with van der Waals surface area (Å²) in [6.45, 7) is 4.09. The molecule has 1 amide bonds. The molecule has 0 saturated heterocycles. The average Bonchev–Trinajstić information content (AvgIpc) is 3.11. The lowest BCUT2D eigenvalue weighted by Gasteiger charge is -2.10. The summed E-state index contributed by atoms with van der Waals surface area (Å²) in [5, 5.41) is 3.51. The summed E-state index contributed by atoms with van der Waals surface area (Å²) < 4.78 is 16.0. The Kier molecular flexibility index (Phi) is 6.67. The van der Waals surface area contributed by atoms with Crippen LogP contribution in [0.25, 0.3) is 11.0 Å². The van der Waals surface area contributed by atoms with Crippen LogP contribution in [0.1, 0.15) is 47.9 Å². The largest absolute Gasteiger partial charge is 0.450 e. The van der Waals surface area contributed by atoms with Crippen molar-refractivity contribution in [1.82, 2.24) is 0 Å². The van der Waals surface area contributed by atoms with Crippen molar-refractivity contribution in [2.24, 2.45) is 0 Å². The second kappa shape index (κ2) is 9.39. The molecule has 0 unspecified atom stereocenters. The van der Waals surface area contributed by atoms with Crippen molar-refractivity contribution in [2.45, 2.75) is 32.8 Å². The van der Waals surface area contributed by atoms with Gasteiger partial charge in [-0.1, -0.05) is 44.2 Å². The Bertz CT molecular complexity index is 990. The van der Waals surface area contributed by atoms with Gasteiger partial charge in [0.2, 0.25) is 5.76 Å². The molecular weight excluding hydrogens is 370 g/mol. The van der Waals surface area contributed by atoms with Gasteiger partial charge in [0.05, 0.1) is 6.61 Å². The fraction of sp³-hybridized carbons (Fsp3) is 0.304. The third-order valence-corrected chi connectivity index (χ3v) is 4.88. The van der Waals surface area contributed by atoms with Crippen molar-refractivity contribution in [3.63, 3.8) is 0 Å². The summed E-state index contributed by atoms with van der Waals surface area (Å²) in [6, 6.07) is 14.9. The van der Waals surface area contributed by atoms with E-state index in [9.17, 15) is 9.59 Å². The normalized spacial score (nSPS) is 12.0. The molecule has 0 aliphatic rings. The van der Waals surface area contributed by atoms with Crippen molar-refractivity contribution in [3.05, 3.63) is 65.4 Å². The molecule has 1 heterocycles. The van der Waals surface area contributed by atoms with Gasteiger partial charge in [-0.3, -0.25) is 4.79 Å². The number of anilines is 1. The quantitative estimate of drug-likeness (QED) is 0.550. The minimum atomic E-state index is -0.699. The molecule has 1 N–H and O–H groups in total. The zero-order valence-electron chi connectivity index (χ0n) is 16.9. The molecule has 0 radical (unpaired) electrons. The van der Waals surface area contributed by atoms with E-state index < -0.39 is 18.5 Å². The number of hydrogen-bond donors (Lipinski definition) is 1. The Hall–Kier alpha value is -3.12. The molecule has 1 atom stereocenters. The molecule has 0 aliphatic heterocycles. The van der Waals surface area contributed by atoms with Crippen LogP contribution in [0.15, 0.2) is 52.9 Å². The number of carbonyl (C=O) groups is 2. The molecule has 152 valence electrons. The molecular formula is C23H25NO5. The van der Waals surface area contributed by atoms with Crippen LogP contribution in [-0.4, -0.2) is 25.6 Å². The Balaban J connectivity index is 1.62. The minimum Gasteiger partial charge on any atom is -0.450 e. The Morgan fingerprint density at radius 3 is 2.52 bits per heavy atom. The number of nitrogens with one attached hydrogen (secondary N) is 1. The molecule has 0 spiro atoms. The highest BCUT2D eigenvalue weighted by molar-refractivity contribution is 5.98. The van der Waals surface area contributed by atoms with E-state index in [-0.39, 0.29) is 12.4 Å². The number of benzene rings is 2. The first kappa shape index (κ1) is 20.6. The molecule has 0 bridgehead atoms.